The van der Waals surface area contributed by atoms with Crippen molar-refractivity contribution >= 4 is 56.6 Å². The van der Waals surface area contributed by atoms with Crippen molar-refractivity contribution in [2.24, 2.45) is 0 Å². The minimum atomic E-state index is -0.757. The van der Waals surface area contributed by atoms with Crippen LogP contribution in [0.1, 0.15) is 20.7 Å². The number of carbonyl (C=O) groups excluding carboxylic acids is 2. The molecule has 0 bridgehead atoms. The van der Waals surface area contributed by atoms with Crippen molar-refractivity contribution < 1.29 is 28.4 Å². The van der Waals surface area contributed by atoms with Crippen LogP contribution in [-0.2, 0) is 9.47 Å². The fraction of sp³-hybridized carbons (Fsp3) is 0.100. The average molecular weight is 520 g/mol. The van der Waals surface area contributed by atoms with Gasteiger partial charge in [-0.15, -0.1) is 0 Å². The van der Waals surface area contributed by atoms with Gasteiger partial charge in [-0.3, -0.25) is 10.1 Å². The summed E-state index contributed by atoms with van der Waals surface area (Å²) >= 11 is 3.13. The Morgan fingerprint density at radius 3 is 2.09 bits per heavy atom. The number of nitrogens with one attached hydrogen (secondary N) is 2. The lowest BCUT2D eigenvalue weighted by molar-refractivity contribution is -0.383. The van der Waals surface area contributed by atoms with Gasteiger partial charge in [-0.05, 0) is 36.4 Å². The Bertz CT molecular complexity index is 1220. The number of aromatic nitrogens is 2. The Balaban J connectivity index is 2.05. The lowest BCUT2D eigenvalue weighted by Crippen LogP contribution is -2.09. The van der Waals surface area contributed by atoms with E-state index in [1.807, 2.05) is 0 Å². The molecule has 0 aliphatic heterocycles. The third-order valence-electron chi connectivity index (χ3n) is 4.23. The van der Waals surface area contributed by atoms with Crippen LogP contribution >= 0.6 is 15.9 Å². The van der Waals surface area contributed by atoms with Crippen LogP contribution in [0.2, 0.25) is 0 Å². The zero-order valence-electron chi connectivity index (χ0n) is 17.1. The number of esters is 2. The largest absolute Gasteiger partial charge is 0.465 e. The second-order valence-electron chi connectivity index (χ2n) is 6.33. The van der Waals surface area contributed by atoms with Crippen LogP contribution in [0.4, 0.5) is 33.1 Å². The van der Waals surface area contributed by atoms with Gasteiger partial charge in [0.2, 0.25) is 11.6 Å². The number of carbonyl (C=O) groups is 2. The topological polar surface area (TPSA) is 146 Å². The number of methoxy groups -OCH3 is 2. The summed E-state index contributed by atoms with van der Waals surface area (Å²) in [5.41, 5.74) is -0.542. The van der Waals surface area contributed by atoms with E-state index in [1.165, 1.54) is 30.3 Å². The van der Waals surface area contributed by atoms with Gasteiger partial charge >= 0.3 is 17.6 Å². The summed E-state index contributed by atoms with van der Waals surface area (Å²) in [7, 11) is 2.32. The van der Waals surface area contributed by atoms with E-state index in [-0.39, 0.29) is 34.1 Å². The summed E-state index contributed by atoms with van der Waals surface area (Å²) in [6.45, 7) is 0. The average Bonchev–Trinajstić information content (AvgIpc) is 2.79. The molecule has 0 fully saturated rings. The highest BCUT2D eigenvalue weighted by atomic mass is 79.9. The monoisotopic (exact) mass is 519 g/mol. The fourth-order valence-corrected chi connectivity index (χ4v) is 3.09. The van der Waals surface area contributed by atoms with Gasteiger partial charge in [-0.2, -0.15) is 0 Å². The van der Waals surface area contributed by atoms with Gasteiger partial charge in [-0.25, -0.2) is 23.9 Å². The molecular weight excluding hydrogens is 505 g/mol. The molecule has 11 nitrogen and oxygen atoms in total. The maximum Gasteiger partial charge on any atom is 0.353 e. The summed E-state index contributed by atoms with van der Waals surface area (Å²) < 4.78 is 24.0. The van der Waals surface area contributed by atoms with Crippen LogP contribution in [0, 0.1) is 15.9 Å². The lowest BCUT2D eigenvalue weighted by Gasteiger charge is -2.12. The van der Waals surface area contributed by atoms with Crippen LogP contribution in [-0.4, -0.2) is 41.0 Å². The smallest absolute Gasteiger partial charge is 0.353 e. The number of benzene rings is 2. The van der Waals surface area contributed by atoms with Crippen LogP contribution in [0.15, 0.2) is 47.2 Å². The third-order valence-corrected chi connectivity index (χ3v) is 4.72. The second-order valence-corrected chi connectivity index (χ2v) is 7.25. The van der Waals surface area contributed by atoms with E-state index in [1.54, 1.807) is 6.07 Å². The number of hydrogen-bond donors (Lipinski definition) is 2. The van der Waals surface area contributed by atoms with Crippen molar-refractivity contribution in [1.82, 2.24) is 9.97 Å². The Morgan fingerprint density at radius 2 is 1.58 bits per heavy atom. The summed E-state index contributed by atoms with van der Waals surface area (Å²) in [6.07, 6.45) is 1.03. The quantitative estimate of drug-likeness (QED) is 0.262. The van der Waals surface area contributed by atoms with Crippen molar-refractivity contribution in [3.05, 3.63) is 74.3 Å². The van der Waals surface area contributed by atoms with Crippen molar-refractivity contribution in [2.75, 3.05) is 24.9 Å². The Morgan fingerprint density at radius 1 is 1.00 bits per heavy atom. The molecule has 0 saturated heterocycles. The molecule has 0 aliphatic carbocycles. The first kappa shape index (κ1) is 23.5. The fourth-order valence-electron chi connectivity index (χ4n) is 2.76. The summed E-state index contributed by atoms with van der Waals surface area (Å²) in [5.74, 6) is -2.70. The number of nitro groups is 1. The molecule has 2 aromatic carbocycles. The molecule has 0 aliphatic rings. The highest BCUT2D eigenvalue weighted by Gasteiger charge is 2.25. The molecule has 0 atom stereocenters. The molecule has 3 aromatic rings. The van der Waals surface area contributed by atoms with Gasteiger partial charge in [0.1, 0.15) is 12.1 Å². The molecule has 0 saturated carbocycles. The molecule has 2 N–H and O–H groups in total. The number of nitrogens with zero attached hydrogens (tertiary/aromatic N) is 3. The number of anilines is 4. The van der Waals surface area contributed by atoms with Crippen LogP contribution in [0.5, 0.6) is 0 Å². The molecule has 170 valence electrons. The van der Waals surface area contributed by atoms with Gasteiger partial charge in [-0.1, -0.05) is 15.9 Å². The number of hydrogen-bond acceptors (Lipinski definition) is 10. The standard InChI is InChI=1S/C20H15BrFN5O6/c1-32-19(28)10-5-11(20(29)33-2)7-13(6-10)25-17-16(27(30)31)18(24-9-23-17)26-15-4-3-12(21)8-14(15)22/h3-9H,1-2H3,(H2,23,24,25,26). The van der Waals surface area contributed by atoms with E-state index in [0.717, 1.165) is 20.5 Å². The Kier molecular flexibility index (Phi) is 7.13. The number of rotatable bonds is 7. The van der Waals surface area contributed by atoms with Crippen molar-refractivity contribution in [1.29, 1.82) is 0 Å². The highest BCUT2D eigenvalue weighted by Crippen LogP contribution is 2.34. The number of halogens is 2. The first-order valence-corrected chi connectivity index (χ1v) is 9.83. The zero-order valence-corrected chi connectivity index (χ0v) is 18.7. The maximum atomic E-state index is 14.2. The minimum Gasteiger partial charge on any atom is -0.465 e. The predicted molar refractivity (Wildman–Crippen MR) is 118 cm³/mol. The van der Waals surface area contributed by atoms with Crippen molar-refractivity contribution in [3.63, 3.8) is 0 Å². The van der Waals surface area contributed by atoms with Crippen LogP contribution in [0.25, 0.3) is 0 Å². The first-order chi connectivity index (χ1) is 15.7. The summed E-state index contributed by atoms with van der Waals surface area (Å²) in [6, 6.07) is 7.98. The molecule has 13 heteroatoms. The third kappa shape index (κ3) is 5.38. The van der Waals surface area contributed by atoms with Gasteiger partial charge in [0, 0.05) is 10.2 Å². The van der Waals surface area contributed by atoms with Crippen LogP contribution < -0.4 is 10.6 Å². The normalized spacial score (nSPS) is 10.3. The summed E-state index contributed by atoms with van der Waals surface area (Å²) in [5, 5.41) is 17.1. The van der Waals surface area contributed by atoms with Gasteiger partial charge in [0.05, 0.1) is 36.0 Å². The summed E-state index contributed by atoms with van der Waals surface area (Å²) in [4.78, 5) is 42.7. The van der Waals surface area contributed by atoms with Gasteiger partial charge < -0.3 is 20.1 Å². The number of ether oxygens (including phenoxy) is 2. The van der Waals surface area contributed by atoms with E-state index in [9.17, 15) is 24.1 Å². The Hall–Kier alpha value is -4.13. The minimum absolute atomic E-state index is 0.00473. The van der Waals surface area contributed by atoms with Gasteiger partial charge in [0.15, 0.2) is 0 Å². The molecule has 3 rings (SSSR count). The first-order valence-electron chi connectivity index (χ1n) is 9.03. The Labute approximate surface area is 194 Å². The zero-order chi connectivity index (χ0) is 24.1. The maximum absolute atomic E-state index is 14.2. The van der Waals surface area contributed by atoms with E-state index >= 15 is 0 Å². The SMILES string of the molecule is COC(=O)c1cc(Nc2ncnc(Nc3ccc(Br)cc3F)c2[N+](=O)[O-])cc(C(=O)OC)c1. The molecule has 1 heterocycles. The van der Waals surface area contributed by atoms with Crippen LogP contribution in [0.3, 0.4) is 0 Å². The molecule has 0 radical (unpaired) electrons. The predicted octanol–water partition coefficient (Wildman–Crippen LogP) is 4.35. The molecule has 33 heavy (non-hydrogen) atoms. The van der Waals surface area contributed by atoms with E-state index in [2.05, 4.69) is 46.0 Å². The molecule has 1 aromatic heterocycles. The van der Waals surface area contributed by atoms with Crippen molar-refractivity contribution in [2.45, 2.75) is 0 Å². The lowest BCUT2D eigenvalue weighted by atomic mass is 10.1. The molecular formula is C20H15BrFN5O6. The highest BCUT2D eigenvalue weighted by molar-refractivity contribution is 9.10. The second kappa shape index (κ2) is 9.99. The van der Waals surface area contributed by atoms with E-state index in [4.69, 9.17) is 0 Å². The molecule has 0 amide bonds. The van der Waals surface area contributed by atoms with Gasteiger partial charge in [0.25, 0.3) is 0 Å². The van der Waals surface area contributed by atoms with E-state index < -0.39 is 28.4 Å². The molecule has 0 spiro atoms. The van der Waals surface area contributed by atoms with E-state index in [0.29, 0.717) is 4.47 Å². The molecule has 0 unspecified atom stereocenters. The van der Waals surface area contributed by atoms with Crippen molar-refractivity contribution in [3.8, 4) is 0 Å².